The van der Waals surface area contributed by atoms with Gasteiger partial charge in [-0.25, -0.2) is 4.63 Å². The normalized spacial score (nSPS) is 24.3. The summed E-state index contributed by atoms with van der Waals surface area (Å²) in [5, 5.41) is 17.8. The van der Waals surface area contributed by atoms with E-state index in [1.165, 1.54) is 0 Å². The summed E-state index contributed by atoms with van der Waals surface area (Å²) in [5.74, 6) is -0.179. The minimum Gasteiger partial charge on any atom is -0.396 e. The lowest BCUT2D eigenvalue weighted by molar-refractivity contribution is -0.145. The first-order valence-corrected chi connectivity index (χ1v) is 9.92. The average molecular weight is 399 g/mol. The van der Waals surface area contributed by atoms with Gasteiger partial charge in [0.15, 0.2) is 0 Å². The molecule has 0 unspecified atom stereocenters. The van der Waals surface area contributed by atoms with Gasteiger partial charge in [0.1, 0.15) is 11.4 Å². The van der Waals surface area contributed by atoms with Gasteiger partial charge in [-0.1, -0.05) is 10.3 Å². The van der Waals surface area contributed by atoms with Gasteiger partial charge >= 0.3 is 0 Å². The number of hydrogen-bond acceptors (Lipinski definition) is 7. The standard InChI is InChI=1S/C20H25N5O4/c1-14-16(23-29-22-14)10-18(27)25-8-3-5-20(13-26)6-9-24(12-17(20)25)19(28)15-4-2-7-21-11-15/h2,4,7,11,17,26H,3,5-6,8-10,12-13H2,1H3/t17-,20-/m0/s1. The maximum Gasteiger partial charge on any atom is 0.255 e. The van der Waals surface area contributed by atoms with Crippen LogP contribution in [0.1, 0.15) is 41.0 Å². The van der Waals surface area contributed by atoms with Crippen LogP contribution >= 0.6 is 0 Å². The van der Waals surface area contributed by atoms with Gasteiger partial charge < -0.3 is 14.9 Å². The van der Waals surface area contributed by atoms with E-state index in [9.17, 15) is 14.7 Å². The Balaban J connectivity index is 1.56. The number of nitrogens with zero attached hydrogens (tertiary/aromatic N) is 5. The fourth-order valence-electron chi connectivity index (χ4n) is 4.57. The number of aliphatic hydroxyl groups is 1. The van der Waals surface area contributed by atoms with E-state index >= 15 is 0 Å². The molecule has 2 aliphatic rings. The summed E-state index contributed by atoms with van der Waals surface area (Å²) in [4.78, 5) is 33.6. The van der Waals surface area contributed by atoms with Crippen LogP contribution in [0.15, 0.2) is 29.2 Å². The Labute approximate surface area is 168 Å². The molecule has 29 heavy (non-hydrogen) atoms. The smallest absolute Gasteiger partial charge is 0.255 e. The number of hydrogen-bond donors (Lipinski definition) is 1. The Bertz CT molecular complexity index is 886. The summed E-state index contributed by atoms with van der Waals surface area (Å²) in [6.45, 7) is 3.31. The highest BCUT2D eigenvalue weighted by Crippen LogP contribution is 2.42. The van der Waals surface area contributed by atoms with E-state index in [0.29, 0.717) is 43.0 Å². The van der Waals surface area contributed by atoms with Crippen molar-refractivity contribution in [1.82, 2.24) is 25.1 Å². The van der Waals surface area contributed by atoms with Gasteiger partial charge in [-0.15, -0.1) is 0 Å². The number of carbonyl (C=O) groups is 2. The lowest BCUT2D eigenvalue weighted by Crippen LogP contribution is -2.64. The van der Waals surface area contributed by atoms with E-state index in [4.69, 9.17) is 4.63 Å². The summed E-state index contributed by atoms with van der Waals surface area (Å²) < 4.78 is 4.71. The fourth-order valence-corrected chi connectivity index (χ4v) is 4.57. The number of likely N-dealkylation sites (tertiary alicyclic amines) is 2. The van der Waals surface area contributed by atoms with Gasteiger partial charge in [0.05, 0.1) is 24.6 Å². The molecule has 154 valence electrons. The molecular weight excluding hydrogens is 374 g/mol. The quantitative estimate of drug-likeness (QED) is 0.810. The first kappa shape index (κ1) is 19.5. The molecule has 9 nitrogen and oxygen atoms in total. The van der Waals surface area contributed by atoms with Crippen LogP contribution in [-0.2, 0) is 11.2 Å². The molecule has 4 rings (SSSR count). The van der Waals surface area contributed by atoms with Crippen molar-refractivity contribution in [3.63, 3.8) is 0 Å². The third-order valence-electron chi connectivity index (χ3n) is 6.33. The van der Waals surface area contributed by atoms with E-state index in [0.717, 1.165) is 12.8 Å². The molecule has 2 aliphatic heterocycles. The van der Waals surface area contributed by atoms with Gasteiger partial charge in [0.2, 0.25) is 5.91 Å². The van der Waals surface area contributed by atoms with Crippen molar-refractivity contribution in [3.05, 3.63) is 41.5 Å². The Kier molecular flexibility index (Phi) is 5.31. The second-order valence-corrected chi connectivity index (χ2v) is 7.94. The number of aromatic nitrogens is 3. The summed E-state index contributed by atoms with van der Waals surface area (Å²) in [7, 11) is 0. The van der Waals surface area contributed by atoms with Crippen LogP contribution in [0.25, 0.3) is 0 Å². The van der Waals surface area contributed by atoms with Crippen molar-refractivity contribution >= 4 is 11.8 Å². The highest BCUT2D eigenvalue weighted by atomic mass is 16.6. The molecule has 2 saturated heterocycles. The molecule has 2 atom stereocenters. The minimum atomic E-state index is -0.378. The maximum atomic E-state index is 13.1. The molecule has 2 fully saturated rings. The number of rotatable bonds is 4. The number of aliphatic hydroxyl groups excluding tert-OH is 1. The summed E-state index contributed by atoms with van der Waals surface area (Å²) >= 11 is 0. The topological polar surface area (TPSA) is 113 Å². The SMILES string of the molecule is Cc1nonc1CC(=O)N1CCC[C@@]2(CO)CCN(C(=O)c3cccnc3)C[C@H]12. The Morgan fingerprint density at radius 1 is 1.31 bits per heavy atom. The predicted molar refractivity (Wildman–Crippen MR) is 102 cm³/mol. The molecule has 2 aromatic rings. The van der Waals surface area contributed by atoms with Crippen molar-refractivity contribution in [2.75, 3.05) is 26.2 Å². The first-order chi connectivity index (χ1) is 14.0. The molecule has 9 heteroatoms. The van der Waals surface area contributed by atoms with Crippen molar-refractivity contribution < 1.29 is 19.3 Å². The summed E-state index contributed by atoms with van der Waals surface area (Å²) in [5.41, 5.74) is 1.27. The molecule has 0 bridgehead atoms. The van der Waals surface area contributed by atoms with Crippen LogP contribution in [0.3, 0.4) is 0 Å². The molecule has 1 N–H and O–H groups in total. The minimum absolute atomic E-state index is 0.000906. The molecule has 0 aliphatic carbocycles. The number of pyridine rings is 1. The Morgan fingerprint density at radius 2 is 2.17 bits per heavy atom. The van der Waals surface area contributed by atoms with E-state index in [2.05, 4.69) is 15.3 Å². The van der Waals surface area contributed by atoms with Crippen molar-refractivity contribution in [3.8, 4) is 0 Å². The lowest BCUT2D eigenvalue weighted by Gasteiger charge is -2.54. The molecule has 0 saturated carbocycles. The number of aryl methyl sites for hydroxylation is 1. The molecule has 2 amide bonds. The largest absolute Gasteiger partial charge is 0.396 e. The Hall–Kier alpha value is -2.81. The molecule has 0 spiro atoms. The Morgan fingerprint density at radius 3 is 2.86 bits per heavy atom. The highest BCUT2D eigenvalue weighted by molar-refractivity contribution is 5.94. The predicted octanol–water partition coefficient (Wildman–Crippen LogP) is 0.831. The second kappa shape index (κ2) is 7.90. The zero-order valence-electron chi connectivity index (χ0n) is 16.5. The van der Waals surface area contributed by atoms with Gasteiger partial charge in [-0.05, 0) is 38.3 Å². The van der Waals surface area contributed by atoms with Crippen molar-refractivity contribution in [1.29, 1.82) is 0 Å². The van der Waals surface area contributed by atoms with Crippen molar-refractivity contribution in [2.45, 2.75) is 38.6 Å². The summed E-state index contributed by atoms with van der Waals surface area (Å²) in [6.07, 6.45) is 5.62. The molecule has 4 heterocycles. The van der Waals surface area contributed by atoms with Crippen LogP contribution in [0, 0.1) is 12.3 Å². The lowest BCUT2D eigenvalue weighted by atomic mass is 9.68. The molecule has 0 radical (unpaired) electrons. The monoisotopic (exact) mass is 399 g/mol. The first-order valence-electron chi connectivity index (χ1n) is 9.92. The van der Waals surface area contributed by atoms with Gasteiger partial charge in [0, 0.05) is 37.4 Å². The fraction of sp³-hybridized carbons (Fsp3) is 0.550. The van der Waals surface area contributed by atoms with E-state index < -0.39 is 0 Å². The average Bonchev–Trinajstić information content (AvgIpc) is 3.17. The number of carbonyl (C=O) groups excluding carboxylic acids is 2. The van der Waals surface area contributed by atoms with Gasteiger partial charge in [0.25, 0.3) is 5.91 Å². The van der Waals surface area contributed by atoms with E-state index in [1.54, 1.807) is 36.4 Å². The number of piperidine rings is 2. The summed E-state index contributed by atoms with van der Waals surface area (Å²) in [6, 6.07) is 3.25. The third-order valence-corrected chi connectivity index (χ3v) is 6.33. The molecular formula is C20H25N5O4. The van der Waals surface area contributed by atoms with Crippen LogP contribution in [-0.4, -0.2) is 74.3 Å². The molecule has 0 aromatic carbocycles. The van der Waals surface area contributed by atoms with Crippen LogP contribution in [0.2, 0.25) is 0 Å². The third kappa shape index (κ3) is 3.62. The van der Waals surface area contributed by atoms with Crippen molar-refractivity contribution in [2.24, 2.45) is 5.41 Å². The highest BCUT2D eigenvalue weighted by Gasteiger charge is 2.49. The van der Waals surface area contributed by atoms with E-state index in [-0.39, 0.29) is 36.3 Å². The number of amides is 2. The van der Waals surface area contributed by atoms with E-state index in [1.807, 2.05) is 4.90 Å². The number of fused-ring (bicyclic) bond motifs is 1. The van der Waals surface area contributed by atoms with Crippen LogP contribution in [0.5, 0.6) is 0 Å². The van der Waals surface area contributed by atoms with Gasteiger partial charge in [-0.2, -0.15) is 0 Å². The zero-order chi connectivity index (χ0) is 20.4. The van der Waals surface area contributed by atoms with Crippen LogP contribution < -0.4 is 0 Å². The molecule has 2 aromatic heterocycles. The van der Waals surface area contributed by atoms with Gasteiger partial charge in [-0.3, -0.25) is 14.6 Å². The second-order valence-electron chi connectivity index (χ2n) is 7.94. The zero-order valence-corrected chi connectivity index (χ0v) is 16.5. The maximum absolute atomic E-state index is 13.1. The van der Waals surface area contributed by atoms with Crippen LogP contribution in [0.4, 0.5) is 0 Å².